The summed E-state index contributed by atoms with van der Waals surface area (Å²) in [7, 11) is 0.0966. The van der Waals surface area contributed by atoms with E-state index in [0.29, 0.717) is 0 Å². The van der Waals surface area contributed by atoms with Crippen LogP contribution in [0.1, 0.15) is 61.8 Å². The number of alkyl halides is 2. The quantitative estimate of drug-likeness (QED) is 0.276. The van der Waals surface area contributed by atoms with Gasteiger partial charge in [0.15, 0.2) is 0 Å². The zero-order chi connectivity index (χ0) is 15.4. The van der Waals surface area contributed by atoms with E-state index in [1.54, 1.807) is 0 Å². The van der Waals surface area contributed by atoms with Crippen molar-refractivity contribution in [2.24, 2.45) is 0 Å². The van der Waals surface area contributed by atoms with E-state index in [-0.39, 0.29) is 18.8 Å². The van der Waals surface area contributed by atoms with Crippen molar-refractivity contribution < 1.29 is 0 Å². The highest BCUT2D eigenvalue weighted by atomic mass is 79.9. The van der Waals surface area contributed by atoms with Crippen LogP contribution in [0.4, 0.5) is 0 Å². The molecule has 0 aromatic heterocycles. The molecule has 0 aromatic carbocycles. The van der Waals surface area contributed by atoms with E-state index in [9.17, 15) is 0 Å². The summed E-state index contributed by atoms with van der Waals surface area (Å²) in [6.45, 7) is 19.1. The molecule has 0 nitrogen and oxygen atoms in total. The number of halogens is 2. The fraction of sp³-hybridized carbons (Fsp3) is 1.00. The van der Waals surface area contributed by atoms with Gasteiger partial charge in [-0.3, -0.25) is 0 Å². The predicted octanol–water partition coefficient (Wildman–Crippen LogP) is 7.42. The summed E-state index contributed by atoms with van der Waals surface area (Å²) < 4.78 is 0.169. The third-order valence-electron chi connectivity index (χ3n) is 3.49. The minimum absolute atomic E-state index is 0.0474. The topological polar surface area (TPSA) is 0 Å². The van der Waals surface area contributed by atoms with Gasteiger partial charge in [-0.15, -0.1) is 7.92 Å². The first-order valence-electron chi connectivity index (χ1n) is 7.42. The van der Waals surface area contributed by atoms with E-state index in [4.69, 9.17) is 0 Å². The minimum atomic E-state index is -0.0474. The zero-order valence-electron chi connectivity index (χ0n) is 13.9. The monoisotopic (exact) mass is 432 g/mol. The Labute approximate surface area is 141 Å². The maximum Gasteiger partial charge on any atom is 0.100 e. The van der Waals surface area contributed by atoms with E-state index in [0.717, 1.165) is 22.6 Å². The molecule has 4 heteroatoms. The number of rotatable bonds is 8. The van der Waals surface area contributed by atoms with E-state index < -0.39 is 0 Å². The zero-order valence-corrected chi connectivity index (χ0v) is 18.8. The van der Waals surface area contributed by atoms with Gasteiger partial charge >= 0.3 is 0 Å². The van der Waals surface area contributed by atoms with Crippen molar-refractivity contribution in [2.75, 3.05) is 6.16 Å². The Morgan fingerprint density at radius 1 is 0.737 bits per heavy atom. The SMILES string of the molecule is CC(C)P(CCC(Br)(Br)P(C(C)C)C(C)C)C(C)C. The van der Waals surface area contributed by atoms with Crippen molar-refractivity contribution in [1.29, 1.82) is 0 Å². The lowest BCUT2D eigenvalue weighted by molar-refractivity contribution is 0.919. The van der Waals surface area contributed by atoms with E-state index >= 15 is 0 Å². The Kier molecular flexibility index (Phi) is 9.94. The van der Waals surface area contributed by atoms with Crippen LogP contribution in [0.25, 0.3) is 0 Å². The van der Waals surface area contributed by atoms with Gasteiger partial charge in [0, 0.05) is 0 Å². The van der Waals surface area contributed by atoms with Crippen LogP contribution in [-0.2, 0) is 0 Å². The van der Waals surface area contributed by atoms with Gasteiger partial charge in [0.25, 0.3) is 0 Å². The van der Waals surface area contributed by atoms with Gasteiger partial charge in [-0.05, 0) is 35.2 Å². The van der Waals surface area contributed by atoms with E-state index in [1.807, 2.05) is 0 Å². The van der Waals surface area contributed by atoms with Gasteiger partial charge in [-0.25, -0.2) is 0 Å². The first-order valence-corrected chi connectivity index (χ1v) is 12.2. The average Bonchev–Trinajstić information content (AvgIpc) is 2.13. The second-order valence-electron chi connectivity index (χ2n) is 6.44. The van der Waals surface area contributed by atoms with Crippen molar-refractivity contribution in [1.82, 2.24) is 0 Å². The molecule has 0 rings (SSSR count). The fourth-order valence-corrected chi connectivity index (χ4v) is 14.8. The van der Waals surface area contributed by atoms with Crippen molar-refractivity contribution in [3.05, 3.63) is 0 Å². The highest BCUT2D eigenvalue weighted by Crippen LogP contribution is 2.66. The number of hydrogen-bond donors (Lipinski definition) is 0. The second-order valence-corrected chi connectivity index (χ2v) is 18.6. The minimum Gasteiger partial charge on any atom is -0.101 e. The molecule has 0 radical (unpaired) electrons. The molecule has 0 unspecified atom stereocenters. The third-order valence-corrected chi connectivity index (χ3v) is 13.3. The summed E-state index contributed by atoms with van der Waals surface area (Å²) in [5.74, 6) is 0. The van der Waals surface area contributed by atoms with Gasteiger partial charge in [-0.2, -0.15) is 0 Å². The highest BCUT2D eigenvalue weighted by Gasteiger charge is 2.37. The Morgan fingerprint density at radius 2 is 1.11 bits per heavy atom. The first kappa shape index (κ1) is 20.8. The highest BCUT2D eigenvalue weighted by molar-refractivity contribution is 9.27. The van der Waals surface area contributed by atoms with Crippen molar-refractivity contribution in [3.63, 3.8) is 0 Å². The molecular formula is C15H32Br2P2. The van der Waals surface area contributed by atoms with Gasteiger partial charge in [0.05, 0.1) is 0 Å². The smallest absolute Gasteiger partial charge is 0.100 e. The van der Waals surface area contributed by atoms with Crippen LogP contribution in [0.3, 0.4) is 0 Å². The maximum absolute atomic E-state index is 4.03. The summed E-state index contributed by atoms with van der Waals surface area (Å²) in [5, 5.41) is 0. The lowest BCUT2D eigenvalue weighted by Crippen LogP contribution is -2.22. The first-order chi connectivity index (χ1) is 8.50. The molecule has 0 saturated heterocycles. The van der Waals surface area contributed by atoms with Crippen molar-refractivity contribution in [3.8, 4) is 0 Å². The molecule has 0 aliphatic rings. The van der Waals surface area contributed by atoms with E-state index in [1.165, 1.54) is 12.6 Å². The molecule has 0 bridgehead atoms. The summed E-state index contributed by atoms with van der Waals surface area (Å²) in [4.78, 5) is 0. The van der Waals surface area contributed by atoms with Crippen LogP contribution in [0.15, 0.2) is 0 Å². The summed E-state index contributed by atoms with van der Waals surface area (Å²) in [6.07, 6.45) is 2.64. The van der Waals surface area contributed by atoms with Crippen LogP contribution in [0.5, 0.6) is 0 Å². The Hall–Kier alpha value is 1.82. The maximum atomic E-state index is 4.03. The normalized spacial score (nSPS) is 13.9. The molecular weight excluding hydrogens is 402 g/mol. The molecule has 0 aliphatic carbocycles. The molecule has 0 saturated carbocycles. The molecule has 0 atom stereocenters. The summed E-state index contributed by atoms with van der Waals surface area (Å²) in [6, 6.07) is 0. The molecule has 0 N–H and O–H groups in total. The van der Waals surface area contributed by atoms with Crippen LogP contribution >= 0.6 is 47.7 Å². The average molecular weight is 434 g/mol. The molecule has 116 valence electrons. The second kappa shape index (κ2) is 9.07. The summed E-state index contributed by atoms with van der Waals surface area (Å²) in [5.41, 5.74) is 3.21. The molecule has 0 aromatic rings. The van der Waals surface area contributed by atoms with Gasteiger partial charge < -0.3 is 0 Å². The Morgan fingerprint density at radius 3 is 1.37 bits per heavy atom. The van der Waals surface area contributed by atoms with Crippen molar-refractivity contribution in [2.45, 2.75) is 87.4 Å². The van der Waals surface area contributed by atoms with Gasteiger partial charge in [0.1, 0.15) is 2.97 Å². The Balaban J connectivity index is 4.75. The van der Waals surface area contributed by atoms with Gasteiger partial charge in [-0.1, -0.05) is 95.2 Å². The van der Waals surface area contributed by atoms with Crippen LogP contribution in [-0.4, -0.2) is 31.8 Å². The fourth-order valence-electron chi connectivity index (χ4n) is 2.86. The molecule has 0 spiro atoms. The van der Waals surface area contributed by atoms with Crippen LogP contribution in [0, 0.1) is 0 Å². The van der Waals surface area contributed by atoms with Crippen LogP contribution < -0.4 is 0 Å². The lowest BCUT2D eigenvalue weighted by atomic mass is 10.5. The third kappa shape index (κ3) is 7.08. The van der Waals surface area contributed by atoms with Crippen molar-refractivity contribution >= 4 is 47.7 Å². The molecule has 0 aliphatic heterocycles. The number of hydrogen-bond acceptors (Lipinski definition) is 0. The molecule has 19 heavy (non-hydrogen) atoms. The van der Waals surface area contributed by atoms with Gasteiger partial charge in [0.2, 0.25) is 0 Å². The molecule has 0 heterocycles. The standard InChI is InChI=1S/C15H32Br2P2/c1-11(2)18(12(3)4)10-9-15(16,17)19(13(5)6)14(7)8/h11-14H,9-10H2,1-8H3. The largest absolute Gasteiger partial charge is 0.101 e. The predicted molar refractivity (Wildman–Crippen MR) is 104 cm³/mol. The molecule has 0 fully saturated rings. The van der Waals surface area contributed by atoms with Crippen LogP contribution in [0.2, 0.25) is 0 Å². The molecule has 0 amide bonds. The lowest BCUT2D eigenvalue weighted by Gasteiger charge is -2.39. The Bertz CT molecular complexity index is 235. The summed E-state index contributed by atoms with van der Waals surface area (Å²) >= 11 is 8.06. The van der Waals surface area contributed by atoms with E-state index in [2.05, 4.69) is 87.2 Å².